The Morgan fingerprint density at radius 1 is 1.39 bits per heavy atom. The van der Waals surface area contributed by atoms with Gasteiger partial charge in [-0.3, -0.25) is 4.57 Å². The quantitative estimate of drug-likeness (QED) is 0.878. The van der Waals surface area contributed by atoms with Crippen molar-refractivity contribution in [1.82, 2.24) is 14.8 Å². The van der Waals surface area contributed by atoms with Crippen LogP contribution in [0.3, 0.4) is 0 Å². The number of hydrogen-bond donors (Lipinski definition) is 1. The molecule has 8 heteroatoms. The van der Waals surface area contributed by atoms with Crippen LogP contribution >= 0.6 is 11.3 Å². The number of primary sulfonamides is 1. The number of aromatic nitrogens is 3. The van der Waals surface area contributed by atoms with E-state index >= 15 is 0 Å². The molecule has 2 heterocycles. The molecule has 1 aliphatic carbocycles. The van der Waals surface area contributed by atoms with Gasteiger partial charge in [-0.1, -0.05) is 0 Å². The molecular formula is C10H12N4O2S2. The second-order valence-electron chi connectivity index (χ2n) is 4.32. The number of rotatable bonds is 2. The Kier molecular flexibility index (Phi) is 2.54. The van der Waals surface area contributed by atoms with Crippen LogP contribution < -0.4 is 5.14 Å². The summed E-state index contributed by atoms with van der Waals surface area (Å²) in [7, 11) is -2.21. The van der Waals surface area contributed by atoms with Crippen LogP contribution in [0.15, 0.2) is 11.2 Å². The SMILES string of the molecule is Cn1c(-c2cc3c(s2)CCC3)nnc1S(N)(=O)=O. The molecule has 3 rings (SSSR count). The zero-order valence-electron chi connectivity index (χ0n) is 9.75. The largest absolute Gasteiger partial charge is 0.299 e. The van der Waals surface area contributed by atoms with Crippen molar-refractivity contribution in [2.75, 3.05) is 0 Å². The second-order valence-corrected chi connectivity index (χ2v) is 6.91. The van der Waals surface area contributed by atoms with E-state index in [0.29, 0.717) is 5.82 Å². The van der Waals surface area contributed by atoms with Gasteiger partial charge in [0.2, 0.25) is 0 Å². The molecule has 2 aromatic rings. The third kappa shape index (κ3) is 1.76. The molecule has 1 aliphatic rings. The number of sulfonamides is 1. The maximum Gasteiger partial charge on any atom is 0.273 e. The Morgan fingerprint density at radius 2 is 2.17 bits per heavy atom. The van der Waals surface area contributed by atoms with Crippen LogP contribution in [0, 0.1) is 0 Å². The first-order valence-corrected chi connectivity index (χ1v) is 7.87. The smallest absolute Gasteiger partial charge is 0.273 e. The van der Waals surface area contributed by atoms with Crippen LogP contribution in [-0.4, -0.2) is 23.2 Å². The maximum atomic E-state index is 11.3. The molecule has 0 bridgehead atoms. The lowest BCUT2D eigenvalue weighted by molar-refractivity contribution is 0.580. The number of thiophene rings is 1. The summed E-state index contributed by atoms with van der Waals surface area (Å²) in [6, 6.07) is 2.07. The van der Waals surface area contributed by atoms with E-state index in [4.69, 9.17) is 5.14 Å². The highest BCUT2D eigenvalue weighted by Crippen LogP contribution is 2.35. The Morgan fingerprint density at radius 3 is 2.78 bits per heavy atom. The maximum absolute atomic E-state index is 11.3. The molecule has 0 fully saturated rings. The molecule has 0 saturated carbocycles. The fraction of sp³-hybridized carbons (Fsp3) is 0.400. The molecule has 0 atom stereocenters. The van der Waals surface area contributed by atoms with Gasteiger partial charge in [-0.2, -0.15) is 0 Å². The van der Waals surface area contributed by atoms with Gasteiger partial charge in [0.1, 0.15) is 0 Å². The van der Waals surface area contributed by atoms with E-state index in [0.717, 1.165) is 17.7 Å². The highest BCUT2D eigenvalue weighted by Gasteiger charge is 2.22. The van der Waals surface area contributed by atoms with Gasteiger partial charge in [0.05, 0.1) is 4.88 Å². The third-order valence-electron chi connectivity index (χ3n) is 3.06. The lowest BCUT2D eigenvalue weighted by Crippen LogP contribution is -2.17. The average Bonchev–Trinajstić information content (AvgIpc) is 2.87. The van der Waals surface area contributed by atoms with Crippen molar-refractivity contribution in [3.8, 4) is 10.7 Å². The zero-order valence-corrected chi connectivity index (χ0v) is 11.4. The van der Waals surface area contributed by atoms with Gasteiger partial charge in [-0.05, 0) is 30.9 Å². The molecule has 2 N–H and O–H groups in total. The van der Waals surface area contributed by atoms with E-state index in [-0.39, 0.29) is 5.16 Å². The van der Waals surface area contributed by atoms with Crippen molar-refractivity contribution in [3.63, 3.8) is 0 Å². The predicted molar refractivity (Wildman–Crippen MR) is 67.7 cm³/mol. The van der Waals surface area contributed by atoms with Crippen LogP contribution in [0.2, 0.25) is 0 Å². The number of nitrogens with two attached hydrogens (primary N) is 1. The third-order valence-corrected chi connectivity index (χ3v) is 5.15. The molecule has 0 aliphatic heterocycles. The molecule has 0 saturated heterocycles. The Bertz CT molecular complexity index is 693. The topological polar surface area (TPSA) is 90.9 Å². The second kappa shape index (κ2) is 3.87. The van der Waals surface area contributed by atoms with Crippen LogP contribution in [0.1, 0.15) is 16.9 Å². The van der Waals surface area contributed by atoms with Crippen molar-refractivity contribution in [2.24, 2.45) is 12.2 Å². The van der Waals surface area contributed by atoms with Crippen LogP contribution in [0.25, 0.3) is 10.7 Å². The molecule has 0 unspecified atom stereocenters. The van der Waals surface area contributed by atoms with E-state index < -0.39 is 10.0 Å². The van der Waals surface area contributed by atoms with Crippen LogP contribution in [0.5, 0.6) is 0 Å². The van der Waals surface area contributed by atoms with E-state index in [1.807, 2.05) is 0 Å². The van der Waals surface area contributed by atoms with Crippen molar-refractivity contribution in [2.45, 2.75) is 24.4 Å². The molecule has 2 aromatic heterocycles. The van der Waals surface area contributed by atoms with Crippen molar-refractivity contribution in [3.05, 3.63) is 16.5 Å². The van der Waals surface area contributed by atoms with Gasteiger partial charge >= 0.3 is 0 Å². The van der Waals surface area contributed by atoms with E-state index in [9.17, 15) is 8.42 Å². The average molecular weight is 284 g/mol. The summed E-state index contributed by atoms with van der Waals surface area (Å²) in [6.45, 7) is 0. The summed E-state index contributed by atoms with van der Waals surface area (Å²) in [5.41, 5.74) is 1.34. The summed E-state index contributed by atoms with van der Waals surface area (Å²) in [5, 5.41) is 12.5. The van der Waals surface area contributed by atoms with Crippen molar-refractivity contribution < 1.29 is 8.42 Å². The summed E-state index contributed by atoms with van der Waals surface area (Å²) < 4.78 is 24.0. The predicted octanol–water partition coefficient (Wildman–Crippen LogP) is 0.680. The van der Waals surface area contributed by atoms with Crippen LogP contribution in [0.4, 0.5) is 0 Å². The molecule has 96 valence electrons. The van der Waals surface area contributed by atoms with Gasteiger partial charge < -0.3 is 0 Å². The fourth-order valence-electron chi connectivity index (χ4n) is 2.22. The van der Waals surface area contributed by atoms with Gasteiger partial charge in [0.15, 0.2) is 5.82 Å². The van der Waals surface area contributed by atoms with E-state index in [2.05, 4.69) is 16.3 Å². The standard InChI is InChI=1S/C10H12N4O2S2/c1-14-9(12-13-10(14)18(11,15)16)8-5-6-3-2-4-7(6)17-8/h5H,2-4H2,1H3,(H2,11,15,16). The first kappa shape index (κ1) is 11.8. The van der Waals surface area contributed by atoms with E-state index in [1.165, 1.54) is 21.4 Å². The number of fused-ring (bicyclic) bond motifs is 1. The van der Waals surface area contributed by atoms with Gasteiger partial charge in [0, 0.05) is 11.9 Å². The summed E-state index contributed by atoms with van der Waals surface area (Å²) in [5.74, 6) is 0.554. The number of nitrogens with zero attached hydrogens (tertiary/aromatic N) is 3. The van der Waals surface area contributed by atoms with Crippen LogP contribution in [-0.2, 0) is 29.9 Å². The minimum Gasteiger partial charge on any atom is -0.299 e. The minimum absolute atomic E-state index is 0.203. The van der Waals surface area contributed by atoms with Gasteiger partial charge in [-0.15, -0.1) is 21.5 Å². The molecular weight excluding hydrogens is 272 g/mol. The first-order valence-electron chi connectivity index (χ1n) is 5.51. The molecule has 0 aromatic carbocycles. The Balaban J connectivity index is 2.10. The first-order chi connectivity index (χ1) is 8.47. The van der Waals surface area contributed by atoms with Gasteiger partial charge in [0.25, 0.3) is 15.2 Å². The summed E-state index contributed by atoms with van der Waals surface area (Å²) in [6.07, 6.45) is 3.38. The molecule has 18 heavy (non-hydrogen) atoms. The Labute approximate surface area is 109 Å². The molecule has 0 radical (unpaired) electrons. The number of hydrogen-bond acceptors (Lipinski definition) is 5. The summed E-state index contributed by atoms with van der Waals surface area (Å²) in [4.78, 5) is 2.31. The number of aryl methyl sites for hydroxylation is 2. The minimum atomic E-state index is -3.82. The summed E-state index contributed by atoms with van der Waals surface area (Å²) >= 11 is 1.65. The Hall–Kier alpha value is -1.25. The van der Waals surface area contributed by atoms with Crippen molar-refractivity contribution >= 4 is 21.4 Å². The fourth-order valence-corrected chi connectivity index (χ4v) is 4.11. The monoisotopic (exact) mass is 284 g/mol. The normalized spacial score (nSPS) is 15.0. The highest BCUT2D eigenvalue weighted by molar-refractivity contribution is 7.89. The lowest BCUT2D eigenvalue weighted by atomic mass is 10.2. The highest BCUT2D eigenvalue weighted by atomic mass is 32.2. The zero-order chi connectivity index (χ0) is 12.9. The van der Waals surface area contributed by atoms with Gasteiger partial charge in [-0.25, -0.2) is 13.6 Å². The lowest BCUT2D eigenvalue weighted by Gasteiger charge is -1.99. The molecule has 0 amide bonds. The van der Waals surface area contributed by atoms with Crippen molar-refractivity contribution in [1.29, 1.82) is 0 Å². The molecule has 0 spiro atoms. The van der Waals surface area contributed by atoms with E-state index in [1.54, 1.807) is 18.4 Å². The molecule has 6 nitrogen and oxygen atoms in total.